The zero-order chi connectivity index (χ0) is 17.6. The first-order chi connectivity index (χ1) is 12.1. The molecule has 2 aromatic carbocycles. The molecular formula is C20H22N2O3. The Hall–Kier alpha value is -2.82. The maximum absolute atomic E-state index is 13.0. The largest absolute Gasteiger partial charge is 0.457 e. The highest BCUT2D eigenvalue weighted by molar-refractivity contribution is 5.97. The minimum absolute atomic E-state index is 0.0575. The molecule has 1 aliphatic rings. The third-order valence-electron chi connectivity index (χ3n) is 4.32. The summed E-state index contributed by atoms with van der Waals surface area (Å²) in [5.41, 5.74) is 0.544. The van der Waals surface area contributed by atoms with Crippen LogP contribution in [0, 0.1) is 0 Å². The fourth-order valence-corrected chi connectivity index (χ4v) is 2.95. The van der Waals surface area contributed by atoms with Gasteiger partial charge in [-0.2, -0.15) is 0 Å². The molecule has 0 bridgehead atoms. The second-order valence-electron chi connectivity index (χ2n) is 6.06. The van der Waals surface area contributed by atoms with Crippen LogP contribution in [0.4, 0.5) is 0 Å². The number of hydrogen-bond acceptors (Lipinski definition) is 3. The first-order valence-corrected chi connectivity index (χ1v) is 8.52. The van der Waals surface area contributed by atoms with Crippen molar-refractivity contribution in [2.45, 2.75) is 13.3 Å². The Morgan fingerprint density at radius 2 is 1.48 bits per heavy atom. The van der Waals surface area contributed by atoms with Crippen LogP contribution in [-0.2, 0) is 4.79 Å². The molecule has 0 spiro atoms. The van der Waals surface area contributed by atoms with E-state index in [1.807, 2.05) is 42.5 Å². The summed E-state index contributed by atoms with van der Waals surface area (Å²) in [6.07, 6.45) is 0.785. The molecule has 130 valence electrons. The Labute approximate surface area is 147 Å². The van der Waals surface area contributed by atoms with Crippen LogP contribution < -0.4 is 4.74 Å². The summed E-state index contributed by atoms with van der Waals surface area (Å²) in [6.45, 7) is 4.02. The van der Waals surface area contributed by atoms with Crippen molar-refractivity contribution in [3.63, 3.8) is 0 Å². The highest BCUT2D eigenvalue weighted by Gasteiger charge is 2.23. The summed E-state index contributed by atoms with van der Waals surface area (Å²) < 4.78 is 5.90. The van der Waals surface area contributed by atoms with Crippen LogP contribution in [0.1, 0.15) is 23.7 Å². The van der Waals surface area contributed by atoms with Crippen LogP contribution in [0.25, 0.3) is 0 Å². The third kappa shape index (κ3) is 4.18. The minimum atomic E-state index is -0.0584. The Kier molecular flexibility index (Phi) is 5.33. The summed E-state index contributed by atoms with van der Waals surface area (Å²) in [6, 6.07) is 16.7. The molecule has 0 radical (unpaired) electrons. The topological polar surface area (TPSA) is 49.9 Å². The second-order valence-corrected chi connectivity index (χ2v) is 6.06. The molecule has 25 heavy (non-hydrogen) atoms. The van der Waals surface area contributed by atoms with Gasteiger partial charge in [0.2, 0.25) is 5.91 Å². The van der Waals surface area contributed by atoms with Crippen molar-refractivity contribution in [1.82, 2.24) is 9.80 Å². The van der Waals surface area contributed by atoms with Crippen molar-refractivity contribution < 1.29 is 14.3 Å². The molecular weight excluding hydrogens is 316 g/mol. The van der Waals surface area contributed by atoms with E-state index < -0.39 is 0 Å². The van der Waals surface area contributed by atoms with Gasteiger partial charge in [0.1, 0.15) is 11.5 Å². The molecule has 3 rings (SSSR count). The monoisotopic (exact) mass is 338 g/mol. The Balaban J connectivity index is 1.77. The molecule has 2 amide bonds. The first-order valence-electron chi connectivity index (χ1n) is 8.52. The highest BCUT2D eigenvalue weighted by atomic mass is 16.5. The lowest BCUT2D eigenvalue weighted by Gasteiger charge is -2.22. The minimum Gasteiger partial charge on any atom is -0.457 e. The molecule has 0 atom stereocenters. The predicted octanol–water partition coefficient (Wildman–Crippen LogP) is 3.17. The van der Waals surface area contributed by atoms with Crippen molar-refractivity contribution in [1.29, 1.82) is 0 Å². The summed E-state index contributed by atoms with van der Waals surface area (Å²) in [4.78, 5) is 28.1. The van der Waals surface area contributed by atoms with Gasteiger partial charge in [-0.15, -0.1) is 0 Å². The van der Waals surface area contributed by atoms with Crippen molar-refractivity contribution in [2.75, 3.05) is 26.2 Å². The first kappa shape index (κ1) is 17.0. The van der Waals surface area contributed by atoms with Crippen LogP contribution >= 0.6 is 0 Å². The third-order valence-corrected chi connectivity index (χ3v) is 4.32. The smallest absolute Gasteiger partial charge is 0.257 e. The van der Waals surface area contributed by atoms with Gasteiger partial charge < -0.3 is 14.5 Å². The maximum atomic E-state index is 13.0. The standard InChI is InChI=1S/C20H22N2O3/c1-16(23)21-12-7-13-22(15-14-21)20(24)18-10-5-6-11-19(18)25-17-8-3-2-4-9-17/h2-6,8-11H,7,12-15H2,1H3. The van der Waals surface area contributed by atoms with E-state index in [0.29, 0.717) is 43.2 Å². The molecule has 1 aliphatic heterocycles. The van der Waals surface area contributed by atoms with E-state index in [1.54, 1.807) is 28.9 Å². The average Bonchev–Trinajstić information content (AvgIpc) is 2.89. The molecule has 1 saturated heterocycles. The lowest BCUT2D eigenvalue weighted by Crippen LogP contribution is -2.36. The number of amides is 2. The SMILES string of the molecule is CC(=O)N1CCCN(C(=O)c2ccccc2Oc2ccccc2)CC1. The van der Waals surface area contributed by atoms with Crippen LogP contribution in [0.3, 0.4) is 0 Å². The van der Waals surface area contributed by atoms with E-state index in [4.69, 9.17) is 4.74 Å². The molecule has 0 aliphatic carbocycles. The lowest BCUT2D eigenvalue weighted by atomic mass is 10.1. The van der Waals surface area contributed by atoms with Crippen LogP contribution in [-0.4, -0.2) is 47.8 Å². The van der Waals surface area contributed by atoms with Gasteiger partial charge in [-0.05, 0) is 30.7 Å². The molecule has 0 aromatic heterocycles. The predicted molar refractivity (Wildman–Crippen MR) is 95.7 cm³/mol. The molecule has 1 heterocycles. The molecule has 5 nitrogen and oxygen atoms in total. The van der Waals surface area contributed by atoms with Gasteiger partial charge in [0, 0.05) is 33.1 Å². The van der Waals surface area contributed by atoms with Crippen molar-refractivity contribution in [3.05, 3.63) is 60.2 Å². The van der Waals surface area contributed by atoms with Gasteiger partial charge in [0.05, 0.1) is 5.56 Å². The van der Waals surface area contributed by atoms with E-state index in [0.717, 1.165) is 6.42 Å². The zero-order valence-corrected chi connectivity index (χ0v) is 14.4. The maximum Gasteiger partial charge on any atom is 0.257 e. The van der Waals surface area contributed by atoms with Crippen molar-refractivity contribution in [2.24, 2.45) is 0 Å². The highest BCUT2D eigenvalue weighted by Crippen LogP contribution is 2.26. The van der Waals surface area contributed by atoms with Crippen LogP contribution in [0.15, 0.2) is 54.6 Å². The van der Waals surface area contributed by atoms with E-state index in [1.165, 1.54) is 0 Å². The van der Waals surface area contributed by atoms with Crippen LogP contribution in [0.2, 0.25) is 0 Å². The molecule has 2 aromatic rings. The number of carbonyl (C=O) groups excluding carboxylic acids is 2. The molecule has 5 heteroatoms. The van der Waals surface area contributed by atoms with Crippen LogP contribution in [0.5, 0.6) is 11.5 Å². The Bertz CT molecular complexity index is 746. The Morgan fingerprint density at radius 1 is 0.840 bits per heavy atom. The summed E-state index contributed by atoms with van der Waals surface area (Å²) in [5, 5.41) is 0. The van der Waals surface area contributed by atoms with E-state index >= 15 is 0 Å². The van der Waals surface area contributed by atoms with Crippen molar-refractivity contribution >= 4 is 11.8 Å². The second kappa shape index (κ2) is 7.83. The number of hydrogen-bond donors (Lipinski definition) is 0. The number of ether oxygens (including phenoxy) is 1. The molecule has 1 fully saturated rings. The summed E-state index contributed by atoms with van der Waals surface area (Å²) in [7, 11) is 0. The van der Waals surface area contributed by atoms with E-state index in [2.05, 4.69) is 0 Å². The quantitative estimate of drug-likeness (QED) is 0.864. The van der Waals surface area contributed by atoms with Gasteiger partial charge in [-0.1, -0.05) is 30.3 Å². The average molecular weight is 338 g/mol. The van der Waals surface area contributed by atoms with Gasteiger partial charge in [-0.3, -0.25) is 9.59 Å². The van der Waals surface area contributed by atoms with E-state index in [-0.39, 0.29) is 11.8 Å². The van der Waals surface area contributed by atoms with Gasteiger partial charge in [0.15, 0.2) is 0 Å². The van der Waals surface area contributed by atoms with Gasteiger partial charge >= 0.3 is 0 Å². The lowest BCUT2D eigenvalue weighted by molar-refractivity contribution is -0.128. The summed E-state index contributed by atoms with van der Waals surface area (Å²) >= 11 is 0. The Morgan fingerprint density at radius 3 is 2.24 bits per heavy atom. The fourth-order valence-electron chi connectivity index (χ4n) is 2.95. The van der Waals surface area contributed by atoms with Gasteiger partial charge in [-0.25, -0.2) is 0 Å². The van der Waals surface area contributed by atoms with Gasteiger partial charge in [0.25, 0.3) is 5.91 Å². The number of carbonyl (C=O) groups is 2. The van der Waals surface area contributed by atoms with Crippen molar-refractivity contribution in [3.8, 4) is 11.5 Å². The molecule has 0 N–H and O–H groups in total. The normalized spacial score (nSPS) is 14.8. The fraction of sp³-hybridized carbons (Fsp3) is 0.300. The number of nitrogens with zero attached hydrogens (tertiary/aromatic N) is 2. The van der Waals surface area contributed by atoms with E-state index in [9.17, 15) is 9.59 Å². The molecule has 0 saturated carbocycles. The number of benzene rings is 2. The number of para-hydroxylation sites is 2. The number of rotatable bonds is 3. The molecule has 0 unspecified atom stereocenters. The summed E-state index contributed by atoms with van der Waals surface area (Å²) in [5.74, 6) is 1.24. The zero-order valence-electron chi connectivity index (χ0n) is 14.4.